The van der Waals surface area contributed by atoms with Crippen LogP contribution in [-0.2, 0) is 11.3 Å². The summed E-state index contributed by atoms with van der Waals surface area (Å²) in [4.78, 5) is 0. The minimum absolute atomic E-state index is 0.265. The SMILES string of the molecule is Cc1ccc(NCc2ccc(OCC3CCCO3)cc2)c(C)c1. The monoisotopic (exact) mass is 311 g/mol. The van der Waals surface area contributed by atoms with Gasteiger partial charge in [0, 0.05) is 18.8 Å². The van der Waals surface area contributed by atoms with E-state index in [1.54, 1.807) is 0 Å². The Balaban J connectivity index is 1.50. The maximum Gasteiger partial charge on any atom is 0.119 e. The fourth-order valence-electron chi connectivity index (χ4n) is 2.88. The zero-order chi connectivity index (χ0) is 16.1. The van der Waals surface area contributed by atoms with Crippen molar-refractivity contribution in [2.24, 2.45) is 0 Å². The smallest absolute Gasteiger partial charge is 0.119 e. The molecule has 23 heavy (non-hydrogen) atoms. The van der Waals surface area contributed by atoms with E-state index in [-0.39, 0.29) is 6.10 Å². The molecule has 0 radical (unpaired) electrons. The van der Waals surface area contributed by atoms with Crippen LogP contribution in [0.15, 0.2) is 42.5 Å². The first-order valence-corrected chi connectivity index (χ1v) is 8.35. The van der Waals surface area contributed by atoms with Crippen LogP contribution in [0, 0.1) is 13.8 Å². The van der Waals surface area contributed by atoms with Crippen LogP contribution in [0.1, 0.15) is 29.5 Å². The van der Waals surface area contributed by atoms with Crippen LogP contribution in [0.3, 0.4) is 0 Å². The average Bonchev–Trinajstić information content (AvgIpc) is 3.07. The normalized spacial score (nSPS) is 17.2. The lowest BCUT2D eigenvalue weighted by Crippen LogP contribution is -2.16. The van der Waals surface area contributed by atoms with E-state index in [1.807, 2.05) is 12.1 Å². The summed E-state index contributed by atoms with van der Waals surface area (Å²) in [5.74, 6) is 0.913. The van der Waals surface area contributed by atoms with E-state index in [4.69, 9.17) is 9.47 Å². The van der Waals surface area contributed by atoms with Crippen LogP contribution in [0.5, 0.6) is 5.75 Å². The van der Waals surface area contributed by atoms with Gasteiger partial charge < -0.3 is 14.8 Å². The standard InChI is InChI=1S/C20H25NO2/c1-15-5-10-20(16(2)12-15)21-13-17-6-8-18(9-7-17)23-14-19-4-3-11-22-19/h5-10,12,19,21H,3-4,11,13-14H2,1-2H3. The van der Waals surface area contributed by atoms with Gasteiger partial charge in [-0.3, -0.25) is 0 Å². The highest BCUT2D eigenvalue weighted by Crippen LogP contribution is 2.19. The second kappa shape index (κ2) is 7.51. The van der Waals surface area contributed by atoms with Crippen LogP contribution >= 0.6 is 0 Å². The molecule has 122 valence electrons. The van der Waals surface area contributed by atoms with Crippen molar-refractivity contribution in [1.29, 1.82) is 0 Å². The molecule has 1 unspecified atom stereocenters. The molecular formula is C20H25NO2. The molecule has 3 rings (SSSR count). The van der Waals surface area contributed by atoms with Crippen LogP contribution in [0.25, 0.3) is 0 Å². The number of hydrogen-bond donors (Lipinski definition) is 1. The molecule has 2 aromatic rings. The Morgan fingerprint density at radius 2 is 1.96 bits per heavy atom. The third-order valence-corrected chi connectivity index (χ3v) is 4.25. The summed E-state index contributed by atoms with van der Waals surface area (Å²) < 4.78 is 11.4. The highest BCUT2D eigenvalue weighted by molar-refractivity contribution is 5.52. The van der Waals surface area contributed by atoms with Crippen molar-refractivity contribution >= 4 is 5.69 Å². The van der Waals surface area contributed by atoms with Gasteiger partial charge >= 0.3 is 0 Å². The van der Waals surface area contributed by atoms with Gasteiger partial charge in [-0.1, -0.05) is 29.8 Å². The lowest BCUT2D eigenvalue weighted by molar-refractivity contribution is 0.0679. The number of ether oxygens (including phenoxy) is 2. The van der Waals surface area contributed by atoms with Gasteiger partial charge in [-0.25, -0.2) is 0 Å². The van der Waals surface area contributed by atoms with E-state index in [1.165, 1.54) is 22.4 Å². The molecule has 1 N–H and O–H groups in total. The Morgan fingerprint density at radius 3 is 2.65 bits per heavy atom. The quantitative estimate of drug-likeness (QED) is 0.853. The molecule has 3 nitrogen and oxygen atoms in total. The lowest BCUT2D eigenvalue weighted by atomic mass is 10.1. The average molecular weight is 311 g/mol. The minimum Gasteiger partial charge on any atom is -0.491 e. The topological polar surface area (TPSA) is 30.5 Å². The van der Waals surface area contributed by atoms with Crippen molar-refractivity contribution in [1.82, 2.24) is 0 Å². The highest BCUT2D eigenvalue weighted by Gasteiger charge is 2.15. The van der Waals surface area contributed by atoms with Crippen LogP contribution in [0.4, 0.5) is 5.69 Å². The van der Waals surface area contributed by atoms with Gasteiger partial charge in [-0.05, 0) is 56.0 Å². The molecule has 1 saturated heterocycles. The van der Waals surface area contributed by atoms with Crippen molar-refractivity contribution in [3.63, 3.8) is 0 Å². The molecule has 0 saturated carbocycles. The van der Waals surface area contributed by atoms with Crippen molar-refractivity contribution in [3.05, 3.63) is 59.2 Å². The summed E-state index contributed by atoms with van der Waals surface area (Å²) in [6.07, 6.45) is 2.52. The second-order valence-corrected chi connectivity index (χ2v) is 6.26. The Labute approximate surface area is 138 Å². The van der Waals surface area contributed by atoms with Crippen molar-refractivity contribution in [3.8, 4) is 5.75 Å². The van der Waals surface area contributed by atoms with Gasteiger partial charge in [-0.2, -0.15) is 0 Å². The Kier molecular flexibility index (Phi) is 5.19. The second-order valence-electron chi connectivity index (χ2n) is 6.26. The molecule has 1 heterocycles. The number of nitrogens with one attached hydrogen (secondary N) is 1. The number of benzene rings is 2. The van der Waals surface area contributed by atoms with E-state index in [9.17, 15) is 0 Å². The molecule has 0 aliphatic carbocycles. The molecule has 1 atom stereocenters. The summed E-state index contributed by atoms with van der Waals surface area (Å²) in [5, 5.41) is 3.49. The first-order chi connectivity index (χ1) is 11.2. The van der Waals surface area contributed by atoms with Gasteiger partial charge in [0.1, 0.15) is 12.4 Å². The molecule has 3 heteroatoms. The van der Waals surface area contributed by atoms with Crippen LogP contribution in [-0.4, -0.2) is 19.3 Å². The fraction of sp³-hybridized carbons (Fsp3) is 0.400. The summed E-state index contributed by atoms with van der Waals surface area (Å²) >= 11 is 0. The molecule has 0 spiro atoms. The van der Waals surface area contributed by atoms with Crippen LogP contribution in [0.2, 0.25) is 0 Å². The molecule has 0 amide bonds. The zero-order valence-corrected chi connectivity index (χ0v) is 14.0. The predicted molar refractivity (Wildman–Crippen MR) is 94.2 cm³/mol. The third kappa shape index (κ3) is 4.49. The molecule has 2 aromatic carbocycles. The predicted octanol–water partition coefficient (Wildman–Crippen LogP) is 4.47. The summed E-state index contributed by atoms with van der Waals surface area (Å²) in [5.41, 5.74) is 5.01. The van der Waals surface area contributed by atoms with Gasteiger partial charge in [0.2, 0.25) is 0 Å². The van der Waals surface area contributed by atoms with Crippen molar-refractivity contribution < 1.29 is 9.47 Å². The zero-order valence-electron chi connectivity index (χ0n) is 14.0. The Hall–Kier alpha value is -2.00. The van der Waals surface area contributed by atoms with Gasteiger partial charge in [-0.15, -0.1) is 0 Å². The molecule has 1 aliphatic rings. The Bertz CT molecular complexity index is 631. The molecular weight excluding hydrogens is 286 g/mol. The summed E-state index contributed by atoms with van der Waals surface area (Å²) in [7, 11) is 0. The molecule has 1 aliphatic heterocycles. The Morgan fingerprint density at radius 1 is 1.13 bits per heavy atom. The number of hydrogen-bond acceptors (Lipinski definition) is 3. The van der Waals surface area contributed by atoms with Gasteiger partial charge in [0.15, 0.2) is 0 Å². The van der Waals surface area contributed by atoms with E-state index >= 15 is 0 Å². The minimum atomic E-state index is 0.265. The molecule has 0 bridgehead atoms. The van der Waals surface area contributed by atoms with E-state index in [2.05, 4.69) is 49.5 Å². The number of rotatable bonds is 6. The molecule has 1 fully saturated rings. The third-order valence-electron chi connectivity index (χ3n) is 4.25. The van der Waals surface area contributed by atoms with Crippen molar-refractivity contribution in [2.45, 2.75) is 39.3 Å². The fourth-order valence-corrected chi connectivity index (χ4v) is 2.88. The first-order valence-electron chi connectivity index (χ1n) is 8.35. The van der Waals surface area contributed by atoms with E-state index < -0.39 is 0 Å². The van der Waals surface area contributed by atoms with E-state index in [0.717, 1.165) is 31.7 Å². The summed E-state index contributed by atoms with van der Waals surface area (Å²) in [6.45, 7) is 6.59. The maximum absolute atomic E-state index is 5.79. The van der Waals surface area contributed by atoms with Crippen LogP contribution < -0.4 is 10.1 Å². The largest absolute Gasteiger partial charge is 0.491 e. The molecule has 0 aromatic heterocycles. The summed E-state index contributed by atoms with van der Waals surface area (Å²) in [6, 6.07) is 14.8. The van der Waals surface area contributed by atoms with Gasteiger partial charge in [0.25, 0.3) is 0 Å². The number of anilines is 1. The van der Waals surface area contributed by atoms with Crippen molar-refractivity contribution in [2.75, 3.05) is 18.5 Å². The van der Waals surface area contributed by atoms with Gasteiger partial charge in [0.05, 0.1) is 6.10 Å². The maximum atomic E-state index is 5.79. The van der Waals surface area contributed by atoms with E-state index in [0.29, 0.717) is 6.61 Å². The first kappa shape index (κ1) is 15.9. The number of aryl methyl sites for hydroxylation is 2. The highest BCUT2D eigenvalue weighted by atomic mass is 16.5. The lowest BCUT2D eigenvalue weighted by Gasteiger charge is -2.13.